The van der Waals surface area contributed by atoms with Gasteiger partial charge in [0, 0.05) is 31.1 Å². The van der Waals surface area contributed by atoms with Crippen molar-refractivity contribution in [3.05, 3.63) is 42.5 Å². The zero-order chi connectivity index (χ0) is 12.5. The molecule has 3 heterocycles. The highest BCUT2D eigenvalue weighted by Crippen LogP contribution is 2.27. The first-order valence-electron chi connectivity index (χ1n) is 5.52. The van der Waals surface area contributed by atoms with Crippen molar-refractivity contribution in [2.24, 2.45) is 0 Å². The summed E-state index contributed by atoms with van der Waals surface area (Å²) < 4.78 is 0. The minimum absolute atomic E-state index is 0.0719. The largest absolute Gasteiger partial charge is 0.293 e. The average Bonchev–Trinajstić information content (AvgIpc) is 2.83. The number of rotatable bonds is 2. The van der Waals surface area contributed by atoms with Crippen molar-refractivity contribution in [2.75, 3.05) is 0 Å². The second kappa shape index (κ2) is 4.03. The molecule has 0 spiro atoms. The number of carbonyl (C=O) groups is 1. The van der Waals surface area contributed by atoms with Gasteiger partial charge < -0.3 is 0 Å². The maximum atomic E-state index is 11.6. The molecule has 0 aromatic carbocycles. The summed E-state index contributed by atoms with van der Waals surface area (Å²) in [5, 5.41) is 7.94. The molecule has 18 heavy (non-hydrogen) atoms. The third-order valence-corrected chi connectivity index (χ3v) is 2.76. The monoisotopic (exact) mass is 238 g/mol. The molecular formula is C13H10N4O. The van der Waals surface area contributed by atoms with Crippen LogP contribution in [0.15, 0.2) is 36.8 Å². The first kappa shape index (κ1) is 10.6. The number of H-pyrrole nitrogens is 1. The standard InChI is InChI=1S/C13H10N4O/c1-8(18)12-11-10(4-7-15-12)16-17-13(11)9-2-5-14-6-3-9/h2-7H,1H3,(H,16,17). The number of hydrogen-bond donors (Lipinski definition) is 1. The molecule has 88 valence electrons. The van der Waals surface area contributed by atoms with Gasteiger partial charge in [0.05, 0.1) is 10.9 Å². The molecule has 0 unspecified atom stereocenters. The maximum Gasteiger partial charge on any atom is 0.178 e. The molecular weight excluding hydrogens is 228 g/mol. The molecule has 0 saturated heterocycles. The van der Waals surface area contributed by atoms with Gasteiger partial charge in [-0.25, -0.2) is 0 Å². The van der Waals surface area contributed by atoms with E-state index in [0.29, 0.717) is 5.69 Å². The molecule has 5 heteroatoms. The van der Waals surface area contributed by atoms with Crippen LogP contribution in [0, 0.1) is 0 Å². The van der Waals surface area contributed by atoms with Gasteiger partial charge in [-0.1, -0.05) is 0 Å². The van der Waals surface area contributed by atoms with Crippen molar-refractivity contribution in [1.82, 2.24) is 20.2 Å². The van der Waals surface area contributed by atoms with Crippen molar-refractivity contribution >= 4 is 16.7 Å². The molecule has 0 bridgehead atoms. The molecule has 0 aliphatic heterocycles. The van der Waals surface area contributed by atoms with E-state index in [1.54, 1.807) is 24.7 Å². The number of carbonyl (C=O) groups excluding carboxylic acids is 1. The van der Waals surface area contributed by atoms with Crippen LogP contribution < -0.4 is 0 Å². The fourth-order valence-electron chi connectivity index (χ4n) is 1.95. The fraction of sp³-hybridized carbons (Fsp3) is 0.0769. The Morgan fingerprint density at radius 2 is 1.94 bits per heavy atom. The third kappa shape index (κ3) is 1.57. The zero-order valence-corrected chi connectivity index (χ0v) is 9.71. The molecule has 0 aliphatic rings. The number of Topliss-reactive ketones (excluding diaryl/α,β-unsaturated/α-hetero) is 1. The number of ketones is 1. The predicted octanol–water partition coefficient (Wildman–Crippen LogP) is 2.22. The van der Waals surface area contributed by atoms with E-state index in [9.17, 15) is 4.79 Å². The molecule has 0 aliphatic carbocycles. The molecule has 0 saturated carbocycles. The van der Waals surface area contributed by atoms with Gasteiger partial charge in [0.25, 0.3) is 0 Å². The van der Waals surface area contributed by atoms with Crippen LogP contribution in [-0.2, 0) is 0 Å². The summed E-state index contributed by atoms with van der Waals surface area (Å²) in [7, 11) is 0. The first-order chi connectivity index (χ1) is 8.77. The number of fused-ring (bicyclic) bond motifs is 1. The van der Waals surface area contributed by atoms with Gasteiger partial charge in [-0.3, -0.25) is 19.9 Å². The minimum atomic E-state index is -0.0719. The molecule has 0 radical (unpaired) electrons. The third-order valence-electron chi connectivity index (χ3n) is 2.76. The van der Waals surface area contributed by atoms with Crippen molar-refractivity contribution in [2.45, 2.75) is 6.92 Å². The van der Waals surface area contributed by atoms with Crippen LogP contribution >= 0.6 is 0 Å². The number of nitrogens with one attached hydrogen (secondary N) is 1. The quantitative estimate of drug-likeness (QED) is 0.695. The van der Waals surface area contributed by atoms with Crippen molar-refractivity contribution in [1.29, 1.82) is 0 Å². The Balaban J connectivity index is 2.35. The van der Waals surface area contributed by atoms with Crippen molar-refractivity contribution < 1.29 is 4.79 Å². The van der Waals surface area contributed by atoms with Gasteiger partial charge in [0.15, 0.2) is 5.78 Å². The van der Waals surface area contributed by atoms with E-state index in [1.807, 2.05) is 12.1 Å². The Morgan fingerprint density at radius 1 is 1.17 bits per heavy atom. The lowest BCUT2D eigenvalue weighted by molar-refractivity contribution is 0.101. The lowest BCUT2D eigenvalue weighted by Crippen LogP contribution is -1.97. The number of aromatic nitrogens is 4. The molecule has 0 fully saturated rings. The number of pyridine rings is 2. The summed E-state index contributed by atoms with van der Waals surface area (Å²) in [6, 6.07) is 5.51. The van der Waals surface area contributed by atoms with Crippen LogP contribution in [-0.4, -0.2) is 25.9 Å². The van der Waals surface area contributed by atoms with Crippen LogP contribution in [0.4, 0.5) is 0 Å². The minimum Gasteiger partial charge on any atom is -0.293 e. The topological polar surface area (TPSA) is 71.5 Å². The average molecular weight is 238 g/mol. The highest BCUT2D eigenvalue weighted by Gasteiger charge is 2.15. The van der Waals surface area contributed by atoms with E-state index in [0.717, 1.165) is 22.2 Å². The fourth-order valence-corrected chi connectivity index (χ4v) is 1.95. The summed E-state index contributed by atoms with van der Waals surface area (Å²) in [6.07, 6.45) is 4.99. The van der Waals surface area contributed by atoms with Gasteiger partial charge in [0.1, 0.15) is 11.4 Å². The highest BCUT2D eigenvalue weighted by atomic mass is 16.1. The summed E-state index contributed by atoms with van der Waals surface area (Å²) in [5.74, 6) is -0.0719. The van der Waals surface area contributed by atoms with E-state index in [-0.39, 0.29) is 5.78 Å². The Kier molecular flexibility index (Phi) is 2.37. The van der Waals surface area contributed by atoms with Gasteiger partial charge >= 0.3 is 0 Å². The number of aromatic amines is 1. The van der Waals surface area contributed by atoms with Crippen LogP contribution in [0.1, 0.15) is 17.4 Å². The van der Waals surface area contributed by atoms with Crippen molar-refractivity contribution in [3.8, 4) is 11.3 Å². The summed E-state index contributed by atoms with van der Waals surface area (Å²) in [4.78, 5) is 19.7. The van der Waals surface area contributed by atoms with Gasteiger partial charge in [0.2, 0.25) is 0 Å². The summed E-state index contributed by atoms with van der Waals surface area (Å²) in [6.45, 7) is 1.51. The van der Waals surface area contributed by atoms with E-state index in [4.69, 9.17) is 0 Å². The molecule has 3 rings (SSSR count). The molecule has 0 amide bonds. The normalized spacial score (nSPS) is 10.7. The Bertz CT molecular complexity index is 718. The Labute approximate surface area is 103 Å². The SMILES string of the molecule is CC(=O)c1nccc2[nH]nc(-c3ccncc3)c12. The van der Waals surface area contributed by atoms with Crippen LogP contribution in [0.2, 0.25) is 0 Å². The van der Waals surface area contributed by atoms with Gasteiger partial charge in [-0.2, -0.15) is 5.10 Å². The van der Waals surface area contributed by atoms with Crippen LogP contribution in [0.5, 0.6) is 0 Å². The zero-order valence-electron chi connectivity index (χ0n) is 9.71. The first-order valence-corrected chi connectivity index (χ1v) is 5.52. The van der Waals surface area contributed by atoms with Crippen LogP contribution in [0.25, 0.3) is 22.2 Å². The van der Waals surface area contributed by atoms with Crippen molar-refractivity contribution in [3.63, 3.8) is 0 Å². The highest BCUT2D eigenvalue weighted by molar-refractivity contribution is 6.09. The van der Waals surface area contributed by atoms with Gasteiger partial charge in [-0.15, -0.1) is 0 Å². The smallest absolute Gasteiger partial charge is 0.178 e. The van der Waals surface area contributed by atoms with E-state index < -0.39 is 0 Å². The summed E-state index contributed by atoms with van der Waals surface area (Å²) in [5.41, 5.74) is 2.88. The van der Waals surface area contributed by atoms with E-state index in [1.165, 1.54) is 6.92 Å². The van der Waals surface area contributed by atoms with E-state index in [2.05, 4.69) is 20.2 Å². The number of hydrogen-bond acceptors (Lipinski definition) is 4. The number of nitrogens with zero attached hydrogens (tertiary/aromatic N) is 3. The molecule has 5 nitrogen and oxygen atoms in total. The lowest BCUT2D eigenvalue weighted by Gasteiger charge is -2.00. The van der Waals surface area contributed by atoms with Crippen LogP contribution in [0.3, 0.4) is 0 Å². The second-order valence-corrected chi connectivity index (χ2v) is 3.95. The lowest BCUT2D eigenvalue weighted by atomic mass is 10.1. The molecule has 1 N–H and O–H groups in total. The Hall–Kier alpha value is -2.56. The predicted molar refractivity (Wildman–Crippen MR) is 67.1 cm³/mol. The molecule has 3 aromatic rings. The second-order valence-electron chi connectivity index (χ2n) is 3.95. The summed E-state index contributed by atoms with van der Waals surface area (Å²) >= 11 is 0. The Morgan fingerprint density at radius 3 is 2.67 bits per heavy atom. The van der Waals surface area contributed by atoms with Gasteiger partial charge in [-0.05, 0) is 18.2 Å². The molecule has 0 atom stereocenters. The van der Waals surface area contributed by atoms with E-state index >= 15 is 0 Å². The maximum absolute atomic E-state index is 11.6. The molecule has 3 aromatic heterocycles.